The lowest BCUT2D eigenvalue weighted by atomic mass is 10.1. The number of rotatable bonds is 19. The molecule has 1 atom stereocenters. The Morgan fingerprint density at radius 1 is 0.786 bits per heavy atom. The molecule has 0 fully saturated rings. The van der Waals surface area contributed by atoms with E-state index in [2.05, 4.69) is 19.1 Å². The summed E-state index contributed by atoms with van der Waals surface area (Å²) in [4.78, 5) is 0. The smallest absolute Gasteiger partial charge is 0.152 e. The maximum Gasteiger partial charge on any atom is 0.152 e. The van der Waals surface area contributed by atoms with Crippen molar-refractivity contribution in [2.24, 2.45) is 0 Å². The third-order valence-electron chi connectivity index (χ3n) is 4.92. The minimum atomic E-state index is -4.46. The fourth-order valence-corrected chi connectivity index (χ4v) is 4.10. The molecular formula is C21H45NO5S. The van der Waals surface area contributed by atoms with Crippen LogP contribution in [0.15, 0.2) is 12.2 Å². The van der Waals surface area contributed by atoms with Crippen molar-refractivity contribution in [1.29, 1.82) is 0 Å². The van der Waals surface area contributed by atoms with Gasteiger partial charge in [0.15, 0.2) is 6.29 Å². The van der Waals surface area contributed by atoms with Crippen LogP contribution in [0.25, 0.3) is 0 Å². The lowest BCUT2D eigenvalue weighted by Crippen LogP contribution is -2.26. The third kappa shape index (κ3) is 20.3. The van der Waals surface area contributed by atoms with E-state index in [1.54, 1.807) is 0 Å². The highest BCUT2D eigenvalue weighted by atomic mass is 32.2. The summed E-state index contributed by atoms with van der Waals surface area (Å²) in [6, 6.07) is 0. The summed E-state index contributed by atoms with van der Waals surface area (Å²) in [5, 5.41) is 16.5. The van der Waals surface area contributed by atoms with E-state index < -0.39 is 28.1 Å². The molecule has 0 aliphatic rings. The van der Waals surface area contributed by atoms with Gasteiger partial charge in [0, 0.05) is 6.42 Å². The van der Waals surface area contributed by atoms with Crippen molar-refractivity contribution in [3.05, 3.63) is 12.2 Å². The highest BCUT2D eigenvalue weighted by Gasteiger charge is 2.18. The van der Waals surface area contributed by atoms with E-state index in [0.717, 1.165) is 25.7 Å². The topological polar surface area (TPSA) is 134 Å². The van der Waals surface area contributed by atoms with Crippen LogP contribution in [0.1, 0.15) is 110 Å². The minimum absolute atomic E-state index is 0. The van der Waals surface area contributed by atoms with Crippen LogP contribution in [0.4, 0.5) is 0 Å². The zero-order valence-corrected chi connectivity index (χ0v) is 19.0. The monoisotopic (exact) mass is 423 g/mol. The Morgan fingerprint density at radius 2 is 1.21 bits per heavy atom. The van der Waals surface area contributed by atoms with E-state index in [4.69, 9.17) is 10.2 Å². The van der Waals surface area contributed by atoms with Crippen molar-refractivity contribution in [3.63, 3.8) is 0 Å². The average molecular weight is 424 g/mol. The molecule has 0 radical (unpaired) electrons. The summed E-state index contributed by atoms with van der Waals surface area (Å²) in [6.07, 6.45) is 19.0. The van der Waals surface area contributed by atoms with Crippen LogP contribution in [-0.4, -0.2) is 34.7 Å². The maximum absolute atomic E-state index is 11.1. The van der Waals surface area contributed by atoms with Crippen LogP contribution in [-0.2, 0) is 10.1 Å². The number of hydrogen-bond donors (Lipinski definition) is 3. The van der Waals surface area contributed by atoms with Gasteiger partial charge in [0.05, 0.1) is 15.4 Å². The summed E-state index contributed by atoms with van der Waals surface area (Å²) in [7, 11) is -4.46. The van der Waals surface area contributed by atoms with Crippen molar-refractivity contribution in [1.82, 2.24) is 6.15 Å². The Hall–Kier alpha value is -0.470. The quantitative estimate of drug-likeness (QED) is 0.111. The average Bonchev–Trinajstić information content (AvgIpc) is 2.59. The highest BCUT2D eigenvalue weighted by Crippen LogP contribution is 2.17. The molecule has 0 aromatic carbocycles. The number of hydrogen-bond acceptors (Lipinski definition) is 5. The fourth-order valence-electron chi connectivity index (χ4n) is 3.23. The van der Waals surface area contributed by atoms with Gasteiger partial charge in [0.1, 0.15) is 0 Å². The zero-order chi connectivity index (χ0) is 20.4. The number of quaternary nitrogens is 1. The van der Waals surface area contributed by atoms with Crippen LogP contribution in [0, 0.1) is 0 Å². The molecule has 0 saturated heterocycles. The Morgan fingerprint density at radius 3 is 1.64 bits per heavy atom. The van der Waals surface area contributed by atoms with Crippen molar-refractivity contribution in [2.75, 3.05) is 0 Å². The first-order valence-electron chi connectivity index (χ1n) is 10.8. The largest absolute Gasteiger partial charge is 0.748 e. The zero-order valence-electron chi connectivity index (χ0n) is 18.2. The molecule has 170 valence electrons. The van der Waals surface area contributed by atoms with Gasteiger partial charge in [-0.05, 0) is 32.1 Å². The molecule has 0 spiro atoms. The van der Waals surface area contributed by atoms with Gasteiger partial charge in [0.2, 0.25) is 0 Å². The molecule has 6 nitrogen and oxygen atoms in total. The Labute approximate surface area is 173 Å². The lowest BCUT2D eigenvalue weighted by Gasteiger charge is -2.21. The molecular weight excluding hydrogens is 378 g/mol. The van der Waals surface area contributed by atoms with E-state index in [0.29, 0.717) is 6.42 Å². The Kier molecular flexibility index (Phi) is 21.1. The summed E-state index contributed by atoms with van der Waals surface area (Å²) < 4.78 is 33.2. The molecule has 28 heavy (non-hydrogen) atoms. The molecule has 0 aromatic heterocycles. The Bertz CT molecular complexity index is 452. The maximum atomic E-state index is 11.1. The van der Waals surface area contributed by atoms with Gasteiger partial charge in [0.25, 0.3) is 0 Å². The summed E-state index contributed by atoms with van der Waals surface area (Å²) in [6.45, 7) is 2.24. The lowest BCUT2D eigenvalue weighted by molar-refractivity contribution is -0.0462. The summed E-state index contributed by atoms with van der Waals surface area (Å²) >= 11 is 0. The van der Waals surface area contributed by atoms with Gasteiger partial charge >= 0.3 is 0 Å². The molecule has 1 unspecified atom stereocenters. The summed E-state index contributed by atoms with van der Waals surface area (Å²) in [5.41, 5.74) is 0. The van der Waals surface area contributed by atoms with E-state index in [1.165, 1.54) is 57.8 Å². The van der Waals surface area contributed by atoms with Gasteiger partial charge < -0.3 is 20.9 Å². The molecule has 7 heteroatoms. The Balaban J connectivity index is 0. The SMILES string of the molecule is CCCCCCCC/C=C\CCCCCCCCC(CC(O)O)S(=O)(=O)[O-].[NH4+]. The molecule has 6 N–H and O–H groups in total. The van der Waals surface area contributed by atoms with Crippen molar-refractivity contribution in [2.45, 2.75) is 121 Å². The second-order valence-electron chi connectivity index (χ2n) is 7.56. The molecule has 0 aromatic rings. The van der Waals surface area contributed by atoms with Crippen molar-refractivity contribution < 1.29 is 23.2 Å². The first-order valence-corrected chi connectivity index (χ1v) is 12.3. The number of unbranched alkanes of at least 4 members (excludes halogenated alkanes) is 12. The van der Waals surface area contributed by atoms with E-state index >= 15 is 0 Å². The predicted octanol–water partition coefficient (Wildman–Crippen LogP) is 5.40. The van der Waals surface area contributed by atoms with Gasteiger partial charge in [-0.25, -0.2) is 8.42 Å². The van der Waals surface area contributed by atoms with Gasteiger partial charge in [-0.1, -0.05) is 83.3 Å². The summed E-state index contributed by atoms with van der Waals surface area (Å²) in [5.74, 6) is 0. The minimum Gasteiger partial charge on any atom is -0.748 e. The molecule has 0 heterocycles. The van der Waals surface area contributed by atoms with Gasteiger partial charge in [-0.2, -0.15) is 0 Å². The molecule has 0 saturated carbocycles. The second-order valence-corrected chi connectivity index (χ2v) is 9.21. The first-order chi connectivity index (χ1) is 12.9. The third-order valence-corrected chi connectivity index (χ3v) is 6.16. The highest BCUT2D eigenvalue weighted by molar-refractivity contribution is 7.86. The predicted molar refractivity (Wildman–Crippen MR) is 116 cm³/mol. The molecule has 0 rings (SSSR count). The molecule has 0 amide bonds. The molecule has 0 aliphatic heterocycles. The van der Waals surface area contributed by atoms with E-state index in [-0.39, 0.29) is 12.6 Å². The molecule has 0 aliphatic carbocycles. The van der Waals surface area contributed by atoms with E-state index in [9.17, 15) is 13.0 Å². The van der Waals surface area contributed by atoms with Crippen LogP contribution in [0.2, 0.25) is 0 Å². The van der Waals surface area contributed by atoms with Gasteiger partial charge in [-0.15, -0.1) is 0 Å². The van der Waals surface area contributed by atoms with Crippen LogP contribution < -0.4 is 6.15 Å². The normalized spacial score (nSPS) is 13.2. The number of allylic oxidation sites excluding steroid dienone is 2. The van der Waals surface area contributed by atoms with E-state index in [1.807, 2.05) is 0 Å². The number of aliphatic hydroxyl groups is 2. The standard InChI is InChI=1S/C21H42O5S.H3N/c1-2-3-4-5-6-7-8-9-10-11-12-13-14-15-16-17-18-20(19-21(22)23)27(24,25)26;/h9-10,20-23H,2-8,11-19H2,1H3,(H,24,25,26);1H3/b10-9-;. The fraction of sp³-hybridized carbons (Fsp3) is 0.905. The van der Waals surface area contributed by atoms with Crippen molar-refractivity contribution >= 4 is 10.1 Å². The first kappa shape index (κ1) is 29.7. The number of aliphatic hydroxyl groups excluding tert-OH is 1. The molecule has 0 bridgehead atoms. The van der Waals surface area contributed by atoms with Crippen LogP contribution in [0.3, 0.4) is 0 Å². The van der Waals surface area contributed by atoms with Gasteiger partial charge in [-0.3, -0.25) is 0 Å². The van der Waals surface area contributed by atoms with Crippen molar-refractivity contribution in [3.8, 4) is 0 Å². The van der Waals surface area contributed by atoms with Crippen LogP contribution >= 0.6 is 0 Å². The van der Waals surface area contributed by atoms with Crippen LogP contribution in [0.5, 0.6) is 0 Å². The second kappa shape index (κ2) is 19.8.